The Balaban J connectivity index is 1.90. The van der Waals surface area contributed by atoms with Crippen molar-refractivity contribution in [2.45, 2.75) is 50.7 Å². The van der Waals surface area contributed by atoms with Gasteiger partial charge in [0.1, 0.15) is 5.76 Å². The van der Waals surface area contributed by atoms with Crippen molar-refractivity contribution in [1.29, 1.82) is 0 Å². The number of rotatable bonds is 3. The number of hydrogen-bond donors (Lipinski definition) is 2. The molecule has 1 saturated carbocycles. The number of nitrogens with two attached hydrogens (primary N) is 1. The van der Waals surface area contributed by atoms with E-state index in [0.717, 1.165) is 12.2 Å². The fourth-order valence-corrected chi connectivity index (χ4v) is 2.31. The Morgan fingerprint density at radius 2 is 2.27 bits per heavy atom. The van der Waals surface area contributed by atoms with Gasteiger partial charge in [0.05, 0.1) is 12.3 Å². The van der Waals surface area contributed by atoms with Crippen LogP contribution in [0.4, 0.5) is 0 Å². The van der Waals surface area contributed by atoms with Crippen LogP contribution in [0, 0.1) is 0 Å². The molecule has 3 unspecified atom stereocenters. The van der Waals surface area contributed by atoms with Crippen LogP contribution in [0.15, 0.2) is 22.8 Å². The Morgan fingerprint density at radius 3 is 2.93 bits per heavy atom. The van der Waals surface area contributed by atoms with Gasteiger partial charge < -0.3 is 15.5 Å². The zero-order chi connectivity index (χ0) is 10.7. The molecule has 1 aromatic rings. The predicted molar refractivity (Wildman–Crippen MR) is 60.5 cm³/mol. The number of furan rings is 1. The molecule has 0 aromatic carbocycles. The highest BCUT2D eigenvalue weighted by Crippen LogP contribution is 2.21. The Kier molecular flexibility index (Phi) is 3.44. The predicted octanol–water partition coefficient (Wildman–Crippen LogP) is 2.20. The van der Waals surface area contributed by atoms with Crippen molar-refractivity contribution in [2.75, 3.05) is 0 Å². The minimum Gasteiger partial charge on any atom is -0.468 e. The lowest BCUT2D eigenvalue weighted by Crippen LogP contribution is -2.47. The maximum Gasteiger partial charge on any atom is 0.120 e. The van der Waals surface area contributed by atoms with Gasteiger partial charge in [0.25, 0.3) is 0 Å². The first kappa shape index (κ1) is 10.7. The molecular formula is C12H20N2O. The number of hydrogen-bond acceptors (Lipinski definition) is 3. The van der Waals surface area contributed by atoms with Gasteiger partial charge >= 0.3 is 0 Å². The lowest BCUT2D eigenvalue weighted by molar-refractivity contribution is 0.291. The van der Waals surface area contributed by atoms with Crippen LogP contribution in [0.5, 0.6) is 0 Å². The Labute approximate surface area is 91.0 Å². The topological polar surface area (TPSA) is 51.2 Å². The second-order valence-electron chi connectivity index (χ2n) is 4.46. The zero-order valence-corrected chi connectivity index (χ0v) is 9.28. The highest BCUT2D eigenvalue weighted by molar-refractivity contribution is 5.04. The highest BCUT2D eigenvalue weighted by Gasteiger charge is 2.23. The fourth-order valence-electron chi connectivity index (χ4n) is 2.31. The molecule has 3 atom stereocenters. The van der Waals surface area contributed by atoms with Crippen LogP contribution >= 0.6 is 0 Å². The van der Waals surface area contributed by atoms with Crippen molar-refractivity contribution in [3.05, 3.63) is 24.2 Å². The summed E-state index contributed by atoms with van der Waals surface area (Å²) in [5.41, 5.74) is 6.09. The molecule has 0 amide bonds. The van der Waals surface area contributed by atoms with Crippen molar-refractivity contribution in [3.63, 3.8) is 0 Å². The average molecular weight is 208 g/mol. The van der Waals surface area contributed by atoms with Crippen LogP contribution in [-0.2, 0) is 0 Å². The molecule has 0 aliphatic heterocycles. The first-order valence-corrected chi connectivity index (χ1v) is 5.82. The maximum atomic E-state index is 6.09. The Hall–Kier alpha value is -0.800. The van der Waals surface area contributed by atoms with E-state index in [4.69, 9.17) is 10.2 Å². The maximum absolute atomic E-state index is 6.09. The highest BCUT2D eigenvalue weighted by atomic mass is 16.3. The van der Waals surface area contributed by atoms with Crippen LogP contribution in [0.1, 0.15) is 44.4 Å². The monoisotopic (exact) mass is 208 g/mol. The second kappa shape index (κ2) is 4.81. The summed E-state index contributed by atoms with van der Waals surface area (Å²) in [7, 11) is 0. The summed E-state index contributed by atoms with van der Waals surface area (Å²) in [5, 5.41) is 3.55. The van der Waals surface area contributed by atoms with Crippen LogP contribution in [0.25, 0.3) is 0 Å². The van der Waals surface area contributed by atoms with E-state index in [1.807, 2.05) is 12.1 Å². The van der Waals surface area contributed by atoms with Crippen LogP contribution in [-0.4, -0.2) is 12.1 Å². The molecule has 0 spiro atoms. The summed E-state index contributed by atoms with van der Waals surface area (Å²) in [4.78, 5) is 0. The van der Waals surface area contributed by atoms with Crippen molar-refractivity contribution in [1.82, 2.24) is 5.32 Å². The summed E-state index contributed by atoms with van der Waals surface area (Å²) in [6, 6.07) is 4.93. The molecule has 0 saturated heterocycles. The zero-order valence-electron chi connectivity index (χ0n) is 9.28. The van der Waals surface area contributed by atoms with Crippen LogP contribution < -0.4 is 11.1 Å². The Morgan fingerprint density at radius 1 is 1.47 bits per heavy atom. The largest absolute Gasteiger partial charge is 0.468 e. The standard InChI is InChI=1S/C12H20N2O/c1-9(12-7-4-8-15-12)14-11-6-3-2-5-10(11)13/h4,7-11,14H,2-3,5-6,13H2,1H3. The van der Waals surface area contributed by atoms with Gasteiger partial charge in [-0.15, -0.1) is 0 Å². The lowest BCUT2D eigenvalue weighted by Gasteiger charge is -2.31. The van der Waals surface area contributed by atoms with Gasteiger partial charge in [-0.3, -0.25) is 0 Å². The third kappa shape index (κ3) is 2.61. The molecule has 0 bridgehead atoms. The van der Waals surface area contributed by atoms with Crippen molar-refractivity contribution in [3.8, 4) is 0 Å². The minimum absolute atomic E-state index is 0.258. The summed E-state index contributed by atoms with van der Waals surface area (Å²) < 4.78 is 5.37. The SMILES string of the molecule is CC(NC1CCCCC1N)c1ccco1. The van der Waals surface area contributed by atoms with E-state index in [1.54, 1.807) is 6.26 Å². The molecule has 1 aromatic heterocycles. The lowest BCUT2D eigenvalue weighted by atomic mass is 9.90. The molecule has 3 heteroatoms. The van der Waals surface area contributed by atoms with Gasteiger partial charge in [-0.2, -0.15) is 0 Å². The van der Waals surface area contributed by atoms with Gasteiger partial charge in [0.15, 0.2) is 0 Å². The molecule has 15 heavy (non-hydrogen) atoms. The summed E-state index contributed by atoms with van der Waals surface area (Å²) in [6.45, 7) is 2.13. The van der Waals surface area contributed by atoms with Gasteiger partial charge in [0.2, 0.25) is 0 Å². The molecule has 1 aliphatic rings. The minimum atomic E-state index is 0.258. The van der Waals surface area contributed by atoms with Crippen molar-refractivity contribution in [2.24, 2.45) is 5.73 Å². The molecule has 84 valence electrons. The van der Waals surface area contributed by atoms with Crippen molar-refractivity contribution < 1.29 is 4.42 Å². The first-order valence-electron chi connectivity index (χ1n) is 5.82. The average Bonchev–Trinajstić information content (AvgIpc) is 2.74. The summed E-state index contributed by atoms with van der Waals surface area (Å²) >= 11 is 0. The quantitative estimate of drug-likeness (QED) is 0.800. The van der Waals surface area contributed by atoms with Crippen LogP contribution in [0.3, 0.4) is 0 Å². The molecule has 3 N–H and O–H groups in total. The smallest absolute Gasteiger partial charge is 0.120 e. The van der Waals surface area contributed by atoms with Gasteiger partial charge in [-0.05, 0) is 31.9 Å². The van der Waals surface area contributed by atoms with Gasteiger partial charge in [-0.25, -0.2) is 0 Å². The molecule has 2 rings (SSSR count). The van der Waals surface area contributed by atoms with E-state index >= 15 is 0 Å². The summed E-state index contributed by atoms with van der Waals surface area (Å²) in [5.74, 6) is 0.993. The first-order chi connectivity index (χ1) is 7.27. The van der Waals surface area contributed by atoms with Gasteiger partial charge in [-0.1, -0.05) is 12.8 Å². The van der Waals surface area contributed by atoms with E-state index in [1.165, 1.54) is 19.3 Å². The molecule has 1 heterocycles. The third-order valence-electron chi connectivity index (χ3n) is 3.25. The summed E-state index contributed by atoms with van der Waals surface area (Å²) in [6.07, 6.45) is 6.60. The molecule has 0 radical (unpaired) electrons. The van der Waals surface area contributed by atoms with E-state index in [0.29, 0.717) is 12.1 Å². The van der Waals surface area contributed by atoms with E-state index in [-0.39, 0.29) is 6.04 Å². The van der Waals surface area contributed by atoms with E-state index in [2.05, 4.69) is 12.2 Å². The molecule has 1 fully saturated rings. The molecule has 3 nitrogen and oxygen atoms in total. The van der Waals surface area contributed by atoms with Crippen molar-refractivity contribution >= 4 is 0 Å². The Bertz CT molecular complexity index is 284. The van der Waals surface area contributed by atoms with Gasteiger partial charge in [0, 0.05) is 12.1 Å². The van der Waals surface area contributed by atoms with Crippen LogP contribution in [0.2, 0.25) is 0 Å². The van der Waals surface area contributed by atoms with E-state index < -0.39 is 0 Å². The second-order valence-corrected chi connectivity index (χ2v) is 4.46. The molecule has 1 aliphatic carbocycles. The normalized spacial score (nSPS) is 28.9. The third-order valence-corrected chi connectivity index (χ3v) is 3.25. The fraction of sp³-hybridized carbons (Fsp3) is 0.667. The van der Waals surface area contributed by atoms with E-state index in [9.17, 15) is 0 Å². The molecular weight excluding hydrogens is 188 g/mol. The number of nitrogens with one attached hydrogen (secondary N) is 1.